The summed E-state index contributed by atoms with van der Waals surface area (Å²) in [6.07, 6.45) is 8.09. The van der Waals surface area contributed by atoms with Crippen molar-refractivity contribution in [2.75, 3.05) is 6.54 Å². The Morgan fingerprint density at radius 2 is 1.83 bits per heavy atom. The number of hydrogen-bond acceptors (Lipinski definition) is 2. The summed E-state index contributed by atoms with van der Waals surface area (Å²) < 4.78 is 25.6. The van der Waals surface area contributed by atoms with Crippen molar-refractivity contribution in [1.82, 2.24) is 4.31 Å². The molecule has 0 atom stereocenters. The maximum atomic E-state index is 12.3. The number of unbranched alkanes of at least 4 members (excludes halogenated alkanes) is 2. The van der Waals surface area contributed by atoms with E-state index in [1.807, 2.05) is 6.92 Å². The fraction of sp³-hybridized carbons (Fsp3) is 0.429. The molecule has 1 rings (SSSR count). The van der Waals surface area contributed by atoms with Crippen molar-refractivity contribution >= 4 is 10.0 Å². The highest BCUT2D eigenvalue weighted by Crippen LogP contribution is 2.16. The van der Waals surface area contributed by atoms with Crippen LogP contribution in [-0.2, 0) is 10.0 Å². The van der Waals surface area contributed by atoms with E-state index in [1.54, 1.807) is 24.3 Å². The van der Waals surface area contributed by atoms with Crippen molar-refractivity contribution in [3.05, 3.63) is 29.8 Å². The van der Waals surface area contributed by atoms with E-state index >= 15 is 0 Å². The summed E-state index contributed by atoms with van der Waals surface area (Å²) in [7, 11) is -3.55. The van der Waals surface area contributed by atoms with E-state index in [2.05, 4.69) is 13.0 Å². The van der Waals surface area contributed by atoms with Crippen molar-refractivity contribution in [3.8, 4) is 12.5 Å². The summed E-state index contributed by atoms with van der Waals surface area (Å²) in [6.45, 7) is 4.35. The lowest BCUT2D eigenvalue weighted by atomic mass is 10.2. The lowest BCUT2D eigenvalue weighted by Crippen LogP contribution is -2.27. The Balaban J connectivity index is 2.90. The maximum absolute atomic E-state index is 12.3. The van der Waals surface area contributed by atoms with Crippen LogP contribution < -0.4 is 0 Å². The van der Waals surface area contributed by atoms with Crippen LogP contribution in [-0.4, -0.2) is 19.3 Å². The van der Waals surface area contributed by atoms with E-state index < -0.39 is 10.0 Å². The summed E-state index contributed by atoms with van der Waals surface area (Å²) in [6, 6.07) is 8.99. The molecule has 98 valence electrons. The van der Waals surface area contributed by atoms with Gasteiger partial charge in [0.15, 0.2) is 0 Å². The van der Waals surface area contributed by atoms with Crippen LogP contribution in [0.15, 0.2) is 29.2 Å². The van der Waals surface area contributed by atoms with Crippen LogP contribution in [0.25, 0.3) is 0 Å². The minimum absolute atomic E-state index is 0.252. The molecule has 1 aromatic carbocycles. The fourth-order valence-corrected chi connectivity index (χ4v) is 2.84. The molecular formula is C14H19NO2S. The zero-order valence-corrected chi connectivity index (χ0v) is 11.7. The van der Waals surface area contributed by atoms with Crippen LogP contribution in [0, 0.1) is 19.4 Å². The van der Waals surface area contributed by atoms with Crippen molar-refractivity contribution < 1.29 is 8.42 Å². The highest BCUT2D eigenvalue weighted by Gasteiger charge is 2.21. The third-order valence-electron chi connectivity index (χ3n) is 2.72. The average Bonchev–Trinajstić information content (AvgIpc) is 2.35. The number of sulfonamides is 1. The zero-order chi connectivity index (χ0) is 13.6. The number of benzene rings is 1. The molecule has 0 aliphatic heterocycles. The molecule has 0 saturated heterocycles. The molecule has 4 heteroatoms. The Kier molecular flexibility index (Phi) is 5.24. The molecule has 0 unspecified atom stereocenters. The smallest absolute Gasteiger partial charge is 0.225 e. The first-order valence-electron chi connectivity index (χ1n) is 6.08. The second-order valence-electron chi connectivity index (χ2n) is 4.23. The van der Waals surface area contributed by atoms with Crippen LogP contribution in [0.5, 0.6) is 0 Å². The number of aryl methyl sites for hydroxylation is 1. The van der Waals surface area contributed by atoms with Crippen molar-refractivity contribution in [3.63, 3.8) is 0 Å². The normalized spacial score (nSPS) is 10.9. The molecule has 0 aliphatic carbocycles. The Bertz CT molecular complexity index is 512. The Labute approximate surface area is 110 Å². The SMILES string of the molecule is C#CN(CCCCC)S(=O)(=O)c1ccc(C)cc1. The monoisotopic (exact) mass is 265 g/mol. The Morgan fingerprint density at radius 1 is 1.22 bits per heavy atom. The van der Waals surface area contributed by atoms with E-state index in [0.29, 0.717) is 6.54 Å². The predicted octanol–water partition coefficient (Wildman–Crippen LogP) is 2.77. The van der Waals surface area contributed by atoms with E-state index in [9.17, 15) is 8.42 Å². The standard InChI is InChI=1S/C14H19NO2S/c1-4-6-7-12-15(5-2)18(16,17)14-10-8-13(3)9-11-14/h2,8-11H,4,6-7,12H2,1,3H3. The minimum Gasteiger partial charge on any atom is -0.225 e. The van der Waals surface area contributed by atoms with Crippen molar-refractivity contribution in [1.29, 1.82) is 0 Å². The Hall–Kier alpha value is -1.47. The lowest BCUT2D eigenvalue weighted by molar-refractivity contribution is 0.494. The van der Waals surface area contributed by atoms with Gasteiger partial charge in [-0.15, -0.1) is 0 Å². The average molecular weight is 265 g/mol. The number of nitrogens with zero attached hydrogens (tertiary/aromatic N) is 1. The molecule has 0 heterocycles. The minimum atomic E-state index is -3.55. The van der Waals surface area contributed by atoms with Gasteiger partial charge in [0.2, 0.25) is 0 Å². The summed E-state index contributed by atoms with van der Waals surface area (Å²) in [5.74, 6) is 0. The van der Waals surface area contributed by atoms with E-state index in [-0.39, 0.29) is 4.90 Å². The molecule has 0 aliphatic rings. The second kappa shape index (κ2) is 6.46. The molecule has 0 bridgehead atoms. The van der Waals surface area contributed by atoms with E-state index in [4.69, 9.17) is 6.42 Å². The molecular weight excluding hydrogens is 246 g/mol. The molecule has 0 N–H and O–H groups in total. The molecule has 0 spiro atoms. The summed E-state index contributed by atoms with van der Waals surface area (Å²) >= 11 is 0. The van der Waals surface area contributed by atoms with Gasteiger partial charge in [-0.25, -0.2) is 12.7 Å². The van der Waals surface area contributed by atoms with Gasteiger partial charge in [0, 0.05) is 12.6 Å². The molecule has 3 nitrogen and oxygen atoms in total. The molecule has 0 radical (unpaired) electrons. The molecule has 0 saturated carbocycles. The van der Waals surface area contributed by atoms with Crippen LogP contribution in [0.3, 0.4) is 0 Å². The number of terminal acetylenes is 1. The van der Waals surface area contributed by atoms with E-state index in [1.165, 1.54) is 0 Å². The molecule has 0 aromatic heterocycles. The first-order valence-corrected chi connectivity index (χ1v) is 7.52. The molecule has 0 fully saturated rings. The Morgan fingerprint density at radius 3 is 2.33 bits per heavy atom. The van der Waals surface area contributed by atoms with Gasteiger partial charge in [0.25, 0.3) is 10.0 Å². The largest absolute Gasteiger partial charge is 0.270 e. The van der Waals surface area contributed by atoms with Gasteiger partial charge < -0.3 is 0 Å². The fourth-order valence-electron chi connectivity index (χ4n) is 1.60. The van der Waals surface area contributed by atoms with Crippen LogP contribution in [0.4, 0.5) is 0 Å². The third kappa shape index (κ3) is 3.51. The molecule has 1 aromatic rings. The highest BCUT2D eigenvalue weighted by molar-refractivity contribution is 7.89. The second-order valence-corrected chi connectivity index (χ2v) is 6.09. The van der Waals surface area contributed by atoms with Gasteiger partial charge in [0.1, 0.15) is 0 Å². The van der Waals surface area contributed by atoms with E-state index in [0.717, 1.165) is 29.1 Å². The van der Waals surface area contributed by atoms with Gasteiger partial charge in [-0.2, -0.15) is 0 Å². The van der Waals surface area contributed by atoms with Crippen LogP contribution >= 0.6 is 0 Å². The van der Waals surface area contributed by atoms with Gasteiger partial charge in [-0.05, 0) is 25.5 Å². The summed E-state index contributed by atoms with van der Waals surface area (Å²) in [5, 5.41) is 0. The summed E-state index contributed by atoms with van der Waals surface area (Å²) in [4.78, 5) is 0.252. The maximum Gasteiger partial charge on any atom is 0.270 e. The van der Waals surface area contributed by atoms with Gasteiger partial charge in [0.05, 0.1) is 4.90 Å². The highest BCUT2D eigenvalue weighted by atomic mass is 32.2. The molecule has 0 amide bonds. The topological polar surface area (TPSA) is 37.4 Å². The van der Waals surface area contributed by atoms with Crippen LogP contribution in [0.1, 0.15) is 31.7 Å². The number of rotatable bonds is 6. The zero-order valence-electron chi connectivity index (χ0n) is 10.9. The van der Waals surface area contributed by atoms with Gasteiger partial charge in [-0.3, -0.25) is 0 Å². The summed E-state index contributed by atoms with van der Waals surface area (Å²) in [5.41, 5.74) is 1.02. The quantitative estimate of drug-likeness (QED) is 0.450. The number of hydrogen-bond donors (Lipinski definition) is 0. The predicted molar refractivity (Wildman–Crippen MR) is 73.4 cm³/mol. The van der Waals surface area contributed by atoms with Crippen molar-refractivity contribution in [2.24, 2.45) is 0 Å². The van der Waals surface area contributed by atoms with Crippen LogP contribution in [0.2, 0.25) is 0 Å². The first-order chi connectivity index (χ1) is 8.52. The van der Waals surface area contributed by atoms with Crippen molar-refractivity contribution in [2.45, 2.75) is 38.0 Å². The lowest BCUT2D eigenvalue weighted by Gasteiger charge is -2.17. The van der Waals surface area contributed by atoms with Gasteiger partial charge in [-0.1, -0.05) is 43.9 Å². The first kappa shape index (κ1) is 14.6. The molecule has 18 heavy (non-hydrogen) atoms. The van der Waals surface area contributed by atoms with Gasteiger partial charge >= 0.3 is 0 Å². The third-order valence-corrected chi connectivity index (χ3v) is 4.45.